The van der Waals surface area contributed by atoms with Crippen molar-refractivity contribution in [1.29, 1.82) is 0 Å². The Hall–Kier alpha value is -4.11. The van der Waals surface area contributed by atoms with Gasteiger partial charge in [-0.2, -0.15) is 4.40 Å². The fraction of sp³-hybridized carbons (Fsp3) is 0.0690. The predicted octanol–water partition coefficient (Wildman–Crippen LogP) is 6.53. The number of fused-ring (bicyclic) bond motifs is 12. The van der Waals surface area contributed by atoms with Crippen LogP contribution in [0.5, 0.6) is 0 Å². The standard InChI is InChI=1S/C29H20N3/c1-17-7-5-9-19-22-16-26-23(15-25(22)31-14-13-30(2)29(31)27(17)19)21-11-6-10-20-18-8-3-4-12-24(18)32(26)28(20)21/h3-16H,1-2H3/q+1. The quantitative estimate of drug-likeness (QED) is 0.199. The van der Waals surface area contributed by atoms with E-state index >= 15 is 0 Å². The third-order valence-electron chi connectivity index (χ3n) is 7.39. The number of rotatable bonds is 0. The van der Waals surface area contributed by atoms with Crippen LogP contribution in [-0.2, 0) is 7.05 Å². The van der Waals surface area contributed by atoms with E-state index in [1.54, 1.807) is 0 Å². The van der Waals surface area contributed by atoms with Crippen LogP contribution in [0.25, 0.3) is 65.4 Å². The Labute approximate surface area is 183 Å². The lowest BCUT2D eigenvalue weighted by Crippen LogP contribution is -2.26. The van der Waals surface area contributed by atoms with Gasteiger partial charge in [-0.1, -0.05) is 54.6 Å². The number of hydrogen-bond acceptors (Lipinski definition) is 0. The van der Waals surface area contributed by atoms with Gasteiger partial charge >= 0.3 is 0 Å². The molecule has 8 aromatic rings. The van der Waals surface area contributed by atoms with Gasteiger partial charge in [-0.05, 0) is 30.7 Å². The van der Waals surface area contributed by atoms with Gasteiger partial charge in [0.2, 0.25) is 0 Å². The molecule has 0 unspecified atom stereocenters. The summed E-state index contributed by atoms with van der Waals surface area (Å²) in [7, 11) is 2.14. The van der Waals surface area contributed by atoms with Crippen LogP contribution in [0.3, 0.4) is 0 Å². The minimum atomic E-state index is 1.24. The first-order chi connectivity index (χ1) is 15.7. The third kappa shape index (κ3) is 1.74. The first kappa shape index (κ1) is 16.6. The maximum atomic E-state index is 2.47. The van der Waals surface area contributed by atoms with Crippen molar-refractivity contribution in [3.63, 3.8) is 0 Å². The summed E-state index contributed by atoms with van der Waals surface area (Å²) in [6.45, 7) is 2.22. The van der Waals surface area contributed by atoms with Crippen LogP contribution < -0.4 is 4.57 Å². The molecule has 0 amide bonds. The molecule has 0 N–H and O–H groups in total. The van der Waals surface area contributed by atoms with E-state index in [2.05, 4.69) is 113 Å². The second-order valence-corrected chi connectivity index (χ2v) is 9.04. The highest BCUT2D eigenvalue weighted by atomic mass is 15.1. The molecule has 0 aliphatic rings. The highest BCUT2D eigenvalue weighted by molar-refractivity contribution is 6.26. The Balaban J connectivity index is 1.74. The number of benzene rings is 4. The van der Waals surface area contributed by atoms with E-state index in [1.807, 2.05) is 0 Å². The summed E-state index contributed by atoms with van der Waals surface area (Å²) in [5, 5.41) is 9.22. The highest BCUT2D eigenvalue weighted by Crippen LogP contribution is 2.41. The summed E-state index contributed by atoms with van der Waals surface area (Å²) >= 11 is 0. The maximum Gasteiger partial charge on any atom is 0.294 e. The molecule has 0 bridgehead atoms. The van der Waals surface area contributed by atoms with Gasteiger partial charge in [-0.25, -0.2) is 4.57 Å². The van der Waals surface area contributed by atoms with E-state index < -0.39 is 0 Å². The van der Waals surface area contributed by atoms with Gasteiger partial charge in [-0.3, -0.25) is 0 Å². The molecule has 4 aromatic carbocycles. The molecule has 0 aliphatic heterocycles. The summed E-state index contributed by atoms with van der Waals surface area (Å²) in [6, 6.07) is 27.0. The molecule has 0 fully saturated rings. The number of pyridine rings is 1. The molecule has 150 valence electrons. The molecule has 0 atom stereocenters. The number of hydrogen-bond donors (Lipinski definition) is 0. The summed E-state index contributed by atoms with van der Waals surface area (Å²) < 4.78 is 7.06. The molecular formula is C29H20N3+. The lowest BCUT2D eigenvalue weighted by molar-refractivity contribution is -0.643. The van der Waals surface area contributed by atoms with Crippen molar-refractivity contribution in [3.8, 4) is 0 Å². The van der Waals surface area contributed by atoms with Gasteiger partial charge in [0.1, 0.15) is 17.9 Å². The average molecular weight is 411 g/mol. The number of imidazole rings is 1. The van der Waals surface area contributed by atoms with Crippen molar-refractivity contribution in [3.05, 3.63) is 90.8 Å². The van der Waals surface area contributed by atoms with Crippen molar-refractivity contribution in [2.45, 2.75) is 6.92 Å². The van der Waals surface area contributed by atoms with E-state index in [0.29, 0.717) is 0 Å². The van der Waals surface area contributed by atoms with Gasteiger partial charge in [0.15, 0.2) is 0 Å². The fourth-order valence-corrected chi connectivity index (χ4v) is 6.04. The zero-order valence-corrected chi connectivity index (χ0v) is 17.9. The maximum absolute atomic E-state index is 2.47. The molecular weight excluding hydrogens is 390 g/mol. The second kappa shape index (κ2) is 5.38. The molecule has 4 aromatic heterocycles. The average Bonchev–Trinajstić information content (AvgIpc) is 3.47. The molecule has 0 radical (unpaired) electrons. The lowest BCUT2D eigenvalue weighted by Gasteiger charge is -2.08. The summed E-state index contributed by atoms with van der Waals surface area (Å²) in [5.41, 5.74) is 7.69. The summed E-state index contributed by atoms with van der Waals surface area (Å²) in [4.78, 5) is 0. The van der Waals surface area contributed by atoms with Crippen LogP contribution in [0.4, 0.5) is 0 Å². The van der Waals surface area contributed by atoms with E-state index in [1.165, 1.54) is 71.0 Å². The van der Waals surface area contributed by atoms with Gasteiger partial charge < -0.3 is 4.40 Å². The van der Waals surface area contributed by atoms with Crippen LogP contribution in [0.15, 0.2) is 85.2 Å². The lowest BCUT2D eigenvalue weighted by atomic mass is 10.0. The van der Waals surface area contributed by atoms with Crippen LogP contribution >= 0.6 is 0 Å². The molecule has 8 rings (SSSR count). The van der Waals surface area contributed by atoms with E-state index in [-0.39, 0.29) is 0 Å². The third-order valence-corrected chi connectivity index (χ3v) is 7.39. The zero-order chi connectivity index (χ0) is 21.1. The van der Waals surface area contributed by atoms with Crippen molar-refractivity contribution in [1.82, 2.24) is 8.80 Å². The van der Waals surface area contributed by atoms with Crippen LogP contribution in [0.1, 0.15) is 5.56 Å². The molecule has 0 saturated carbocycles. The van der Waals surface area contributed by atoms with Gasteiger partial charge in [-0.15, -0.1) is 0 Å². The van der Waals surface area contributed by atoms with Gasteiger partial charge in [0, 0.05) is 32.3 Å². The normalized spacial score (nSPS) is 12.7. The fourth-order valence-electron chi connectivity index (χ4n) is 6.04. The Bertz CT molecular complexity index is 2050. The monoisotopic (exact) mass is 410 g/mol. The summed E-state index contributed by atoms with van der Waals surface area (Å²) in [5.74, 6) is 0. The number of aryl methyl sites for hydroxylation is 2. The molecule has 32 heavy (non-hydrogen) atoms. The Kier molecular flexibility index (Phi) is 2.78. The van der Waals surface area contributed by atoms with Crippen LogP contribution in [0.2, 0.25) is 0 Å². The number of aromatic nitrogens is 3. The Morgan fingerprint density at radius 1 is 0.656 bits per heavy atom. The molecule has 0 aliphatic carbocycles. The van der Waals surface area contributed by atoms with Crippen LogP contribution in [-0.4, -0.2) is 8.80 Å². The Morgan fingerprint density at radius 3 is 2.25 bits per heavy atom. The number of nitrogens with zero attached hydrogens (tertiary/aromatic N) is 3. The molecule has 0 spiro atoms. The Morgan fingerprint density at radius 2 is 1.34 bits per heavy atom. The van der Waals surface area contributed by atoms with Crippen molar-refractivity contribution in [2.75, 3.05) is 0 Å². The van der Waals surface area contributed by atoms with Gasteiger partial charge in [0.25, 0.3) is 5.65 Å². The minimum absolute atomic E-state index is 1.24. The topological polar surface area (TPSA) is 12.7 Å². The molecule has 3 nitrogen and oxygen atoms in total. The SMILES string of the molecule is Cc1cccc2c3cc4c(cc3n3cc[n+](C)c3c12)c1cccc2c3ccccc3n4c21. The van der Waals surface area contributed by atoms with Crippen molar-refractivity contribution >= 4 is 65.4 Å². The highest BCUT2D eigenvalue weighted by Gasteiger charge is 2.22. The number of para-hydroxylation sites is 2. The predicted molar refractivity (Wildman–Crippen MR) is 133 cm³/mol. The first-order valence-corrected chi connectivity index (χ1v) is 11.1. The van der Waals surface area contributed by atoms with Crippen LogP contribution in [0, 0.1) is 6.92 Å². The van der Waals surface area contributed by atoms with E-state index in [0.717, 1.165) is 0 Å². The minimum Gasteiger partial charge on any atom is -0.308 e. The van der Waals surface area contributed by atoms with E-state index in [9.17, 15) is 0 Å². The first-order valence-electron chi connectivity index (χ1n) is 11.1. The van der Waals surface area contributed by atoms with E-state index in [4.69, 9.17) is 0 Å². The molecule has 0 saturated heterocycles. The molecule has 4 heterocycles. The zero-order valence-electron chi connectivity index (χ0n) is 17.9. The molecule has 3 heteroatoms. The van der Waals surface area contributed by atoms with Crippen molar-refractivity contribution < 1.29 is 4.57 Å². The van der Waals surface area contributed by atoms with Gasteiger partial charge in [0.05, 0.1) is 29.0 Å². The smallest absolute Gasteiger partial charge is 0.294 e. The largest absolute Gasteiger partial charge is 0.308 e. The van der Waals surface area contributed by atoms with Crippen molar-refractivity contribution in [2.24, 2.45) is 7.05 Å². The second-order valence-electron chi connectivity index (χ2n) is 9.04. The summed E-state index contributed by atoms with van der Waals surface area (Å²) in [6.07, 6.45) is 4.35.